The van der Waals surface area contributed by atoms with E-state index in [9.17, 15) is 10.2 Å². The van der Waals surface area contributed by atoms with Crippen LogP contribution in [0.3, 0.4) is 0 Å². The van der Waals surface area contributed by atoms with Gasteiger partial charge in [-0.15, -0.1) is 0 Å². The van der Waals surface area contributed by atoms with E-state index in [1.165, 1.54) is 84.8 Å². The van der Waals surface area contributed by atoms with E-state index in [0.717, 1.165) is 78.9 Å². The maximum atomic E-state index is 10.7. The summed E-state index contributed by atoms with van der Waals surface area (Å²) in [5, 5.41) is 21.2. The van der Waals surface area contributed by atoms with Crippen molar-refractivity contribution in [2.45, 2.75) is 267 Å². The first-order chi connectivity index (χ1) is 35.1. The summed E-state index contributed by atoms with van der Waals surface area (Å²) in [5.41, 5.74) is 7.96. The third kappa shape index (κ3) is 13.0. The first kappa shape index (κ1) is 59.2. The molecule has 2 saturated carbocycles. The second kappa shape index (κ2) is 23.1. The van der Waals surface area contributed by atoms with E-state index >= 15 is 0 Å². The number of ether oxygens (including phenoxy) is 4. The molecule has 4 fully saturated rings. The topological polar surface area (TPSA) is 84.0 Å². The predicted octanol–water partition coefficient (Wildman–Crippen LogP) is 17.2. The number of hydrogen-bond donors (Lipinski definition) is 2. The quantitative estimate of drug-likeness (QED) is 0.0889. The summed E-state index contributed by atoms with van der Waals surface area (Å²) in [4.78, 5) is 0. The van der Waals surface area contributed by atoms with Crippen LogP contribution in [0.4, 0.5) is 0 Å². The Hall–Kier alpha value is -3.42. The van der Waals surface area contributed by atoms with Gasteiger partial charge in [0, 0.05) is 40.7 Å². The predicted molar refractivity (Wildman–Crippen MR) is 314 cm³/mol. The first-order valence-electron chi connectivity index (χ1n) is 29.8. The number of allylic oxidation sites excluding steroid dienone is 12. The minimum atomic E-state index is -0.385. The Morgan fingerprint density at radius 2 is 1.11 bits per heavy atom. The van der Waals surface area contributed by atoms with Crippen LogP contribution in [0.5, 0.6) is 11.5 Å². The van der Waals surface area contributed by atoms with Gasteiger partial charge in [0.2, 0.25) is 0 Å². The molecule has 11 atom stereocenters. The average molecular weight is 1030 g/mol. The molecule has 6 nitrogen and oxygen atoms in total. The number of rotatable bonds is 22. The van der Waals surface area contributed by atoms with Crippen molar-refractivity contribution in [2.24, 2.45) is 34.5 Å². The van der Waals surface area contributed by atoms with Crippen LogP contribution in [0.2, 0.25) is 0 Å². The molecule has 1 aromatic rings. The Kier molecular flexibility index (Phi) is 18.3. The minimum Gasteiger partial charge on any atom is -0.487 e. The fraction of sp³-hybridized carbons (Fsp3) is 0.681. The van der Waals surface area contributed by atoms with Gasteiger partial charge in [0.1, 0.15) is 45.6 Å². The lowest BCUT2D eigenvalue weighted by Crippen LogP contribution is -2.46. The molecule has 0 aromatic heterocycles. The standard InChI is InChI=1S/C69H104O6/c1-46(2)24-20-26-48(4)28-21-29-49(5)31-23-36-65(15)37-35-58-59-41-55(40-51(7)34-39-69-64(13,14)43-57(71)45-67(69,17)75-69)60(72-61(59)53(9)54(10)62(58)73-65)52(8)32-19-18-25-47(3)27-22-30-50(6)33-38-68-63(11,12)42-56(70)44-66(68,16)74-68/h18-19,22,25,27,30,32-34,38-40,46,48-49,55-57,60,70-71H,20-21,23-24,26,28-29,31,35-37,41-45H2,1-17H3/b19-18+,27-22+,38-33+,39-34+,47-25+,50-30+,51-40-,52-32+/t48-,49-,55-,56-,57-,60+,65+,66+,67+,68-,69-/m0/s1. The van der Waals surface area contributed by atoms with Crippen LogP contribution in [-0.4, -0.2) is 56.5 Å². The lowest BCUT2D eigenvalue weighted by Gasteiger charge is -2.41. The summed E-state index contributed by atoms with van der Waals surface area (Å²) >= 11 is 0. The molecular formula is C69H104O6. The molecule has 1 aromatic carbocycles. The van der Waals surface area contributed by atoms with Gasteiger partial charge in [-0.2, -0.15) is 0 Å². The lowest BCUT2D eigenvalue weighted by atomic mass is 9.63. The molecule has 6 aliphatic rings. The average Bonchev–Trinajstić information content (AvgIpc) is 4.16. The number of benzene rings is 1. The molecule has 0 amide bonds. The van der Waals surface area contributed by atoms with Crippen molar-refractivity contribution in [1.29, 1.82) is 0 Å². The molecule has 2 aliphatic carbocycles. The van der Waals surface area contributed by atoms with Crippen LogP contribution in [0.25, 0.3) is 0 Å². The van der Waals surface area contributed by atoms with Crippen LogP contribution < -0.4 is 9.47 Å². The molecule has 0 bridgehead atoms. The smallest absolute Gasteiger partial charge is 0.127 e. The van der Waals surface area contributed by atoms with Gasteiger partial charge in [-0.25, -0.2) is 0 Å². The fourth-order valence-electron chi connectivity index (χ4n) is 14.7. The van der Waals surface area contributed by atoms with Crippen molar-refractivity contribution in [3.05, 3.63) is 117 Å². The molecule has 75 heavy (non-hydrogen) atoms. The summed E-state index contributed by atoms with van der Waals surface area (Å²) in [6.45, 7) is 38.3. The van der Waals surface area contributed by atoms with Crippen molar-refractivity contribution >= 4 is 0 Å². The van der Waals surface area contributed by atoms with Crippen LogP contribution >= 0.6 is 0 Å². The van der Waals surface area contributed by atoms with Crippen molar-refractivity contribution < 1.29 is 29.2 Å². The van der Waals surface area contributed by atoms with Crippen LogP contribution in [0.1, 0.15) is 216 Å². The second-order valence-electron chi connectivity index (χ2n) is 27.8. The highest BCUT2D eigenvalue weighted by atomic mass is 16.6. The first-order valence-corrected chi connectivity index (χ1v) is 29.8. The van der Waals surface area contributed by atoms with E-state index in [2.05, 4.69) is 191 Å². The number of aliphatic hydroxyl groups excluding tert-OH is 2. The van der Waals surface area contributed by atoms with Gasteiger partial charge in [0.05, 0.1) is 12.2 Å². The van der Waals surface area contributed by atoms with Gasteiger partial charge in [-0.05, 0) is 154 Å². The summed E-state index contributed by atoms with van der Waals surface area (Å²) in [6, 6.07) is 0. The highest BCUT2D eigenvalue weighted by molar-refractivity contribution is 5.61. The monoisotopic (exact) mass is 1030 g/mol. The summed E-state index contributed by atoms with van der Waals surface area (Å²) in [7, 11) is 0. The zero-order valence-corrected chi connectivity index (χ0v) is 50.3. The van der Waals surface area contributed by atoms with Gasteiger partial charge in [0.15, 0.2) is 0 Å². The van der Waals surface area contributed by atoms with Crippen molar-refractivity contribution in [1.82, 2.24) is 0 Å². The summed E-state index contributed by atoms with van der Waals surface area (Å²) in [6.07, 6.45) is 43.2. The highest BCUT2D eigenvalue weighted by Crippen LogP contribution is 2.67. The van der Waals surface area contributed by atoms with Crippen molar-refractivity contribution in [2.75, 3.05) is 0 Å². The van der Waals surface area contributed by atoms with E-state index in [1.54, 1.807) is 0 Å². The van der Waals surface area contributed by atoms with Gasteiger partial charge < -0.3 is 29.2 Å². The Morgan fingerprint density at radius 1 is 0.600 bits per heavy atom. The normalized spacial score (nSPS) is 34.3. The molecule has 6 heteroatoms. The molecule has 2 saturated heterocycles. The third-order valence-electron chi connectivity index (χ3n) is 19.4. The maximum absolute atomic E-state index is 10.7. The van der Waals surface area contributed by atoms with Crippen molar-refractivity contribution in [3.8, 4) is 11.5 Å². The molecule has 7 rings (SSSR count). The van der Waals surface area contributed by atoms with Crippen LogP contribution in [0.15, 0.2) is 95.2 Å². The summed E-state index contributed by atoms with van der Waals surface area (Å²) < 4.78 is 27.4. The van der Waals surface area contributed by atoms with Gasteiger partial charge in [-0.1, -0.05) is 178 Å². The molecule has 4 heterocycles. The van der Waals surface area contributed by atoms with E-state index < -0.39 is 0 Å². The number of hydrogen-bond acceptors (Lipinski definition) is 6. The molecular weight excluding hydrogens is 925 g/mol. The fourth-order valence-corrected chi connectivity index (χ4v) is 14.7. The zero-order chi connectivity index (χ0) is 54.9. The number of epoxide rings is 2. The molecule has 0 unspecified atom stereocenters. The number of fused-ring (bicyclic) bond motifs is 5. The van der Waals surface area contributed by atoms with Gasteiger partial charge in [-0.3, -0.25) is 0 Å². The van der Waals surface area contributed by atoms with E-state index in [0.29, 0.717) is 12.8 Å². The van der Waals surface area contributed by atoms with Crippen LogP contribution in [-0.2, 0) is 22.3 Å². The molecule has 416 valence electrons. The van der Waals surface area contributed by atoms with Gasteiger partial charge >= 0.3 is 0 Å². The molecule has 0 radical (unpaired) electrons. The highest BCUT2D eigenvalue weighted by Gasteiger charge is 2.75. The maximum Gasteiger partial charge on any atom is 0.127 e. The SMILES string of the molecule is CC(=C/[C@H]1Cc2c3c(c(C)c(C)c2O[C@@H]1/C(C)=C/C=C/C=C(C)/C=C/C=C(C)/C=C/[C@@]12O[C@]1(C)C[C@@H](O)CC2(C)C)O[C@](C)(CCC[C@@H](C)CCC[C@@H](C)CCCC(C)C)CC3)/C=C/[C@@]12O[C@]1(C)C[C@@H](O)CC2(C)C. The Labute approximate surface area is 457 Å². The van der Waals surface area contributed by atoms with Gasteiger partial charge in [0.25, 0.3) is 0 Å². The lowest BCUT2D eigenvalue weighted by molar-refractivity contribution is 0.0501. The Bertz CT molecular complexity index is 2450. The Morgan fingerprint density at radius 3 is 1.68 bits per heavy atom. The van der Waals surface area contributed by atoms with Crippen molar-refractivity contribution in [3.63, 3.8) is 0 Å². The van der Waals surface area contributed by atoms with E-state index in [1.807, 2.05) is 0 Å². The molecule has 2 N–H and O–H groups in total. The van der Waals surface area contributed by atoms with E-state index in [4.69, 9.17) is 18.9 Å². The second-order valence-corrected chi connectivity index (χ2v) is 27.8. The minimum absolute atomic E-state index is 0.112. The van der Waals surface area contributed by atoms with E-state index in [-0.39, 0.29) is 63.1 Å². The van der Waals surface area contributed by atoms with Crippen LogP contribution in [0, 0.1) is 48.3 Å². The molecule has 4 aliphatic heterocycles. The Balaban J connectivity index is 1.05. The summed E-state index contributed by atoms with van der Waals surface area (Å²) in [5.74, 6) is 4.67. The largest absolute Gasteiger partial charge is 0.487 e. The zero-order valence-electron chi connectivity index (χ0n) is 50.3. The number of aliphatic hydroxyl groups is 2. The molecule has 0 spiro atoms. The third-order valence-corrected chi connectivity index (χ3v) is 19.4.